The van der Waals surface area contributed by atoms with Gasteiger partial charge in [-0.2, -0.15) is 5.10 Å². The van der Waals surface area contributed by atoms with Crippen molar-refractivity contribution in [3.05, 3.63) is 58.2 Å². The fourth-order valence-corrected chi connectivity index (χ4v) is 2.71. The molecule has 0 radical (unpaired) electrons. The number of halogens is 2. The van der Waals surface area contributed by atoms with E-state index in [4.69, 9.17) is 23.2 Å². The van der Waals surface area contributed by atoms with Crippen LogP contribution in [-0.4, -0.2) is 9.78 Å². The number of para-hydroxylation sites is 1. The second-order valence-corrected chi connectivity index (χ2v) is 5.41. The van der Waals surface area contributed by atoms with Gasteiger partial charge in [-0.1, -0.05) is 41.4 Å². The van der Waals surface area contributed by atoms with Crippen molar-refractivity contribution in [3.8, 4) is 0 Å². The zero-order valence-electron chi connectivity index (χ0n) is 10.9. The molecule has 102 valence electrons. The molecule has 5 heteroatoms. The first kappa shape index (κ1) is 13.3. The molecule has 0 saturated heterocycles. The molecule has 2 aromatic carbocycles. The third-order valence-corrected chi connectivity index (χ3v) is 3.76. The molecule has 3 rings (SSSR count). The van der Waals surface area contributed by atoms with Crippen LogP contribution in [0.4, 0.5) is 5.69 Å². The SMILES string of the molecule is Cn1nc(CNc2ccc(Cl)cc2Cl)c2ccccc21. The van der Waals surface area contributed by atoms with Crippen LogP contribution in [0.5, 0.6) is 0 Å². The van der Waals surface area contributed by atoms with Crippen molar-refractivity contribution in [2.45, 2.75) is 6.54 Å². The summed E-state index contributed by atoms with van der Waals surface area (Å²) in [6.45, 7) is 0.614. The zero-order valence-corrected chi connectivity index (χ0v) is 12.4. The summed E-state index contributed by atoms with van der Waals surface area (Å²) in [5.41, 5.74) is 2.96. The highest BCUT2D eigenvalue weighted by atomic mass is 35.5. The Morgan fingerprint density at radius 1 is 1.15 bits per heavy atom. The van der Waals surface area contributed by atoms with E-state index >= 15 is 0 Å². The number of hydrogen-bond acceptors (Lipinski definition) is 2. The molecule has 0 amide bonds. The summed E-state index contributed by atoms with van der Waals surface area (Å²) in [5.74, 6) is 0. The molecule has 0 aliphatic carbocycles. The van der Waals surface area contributed by atoms with E-state index in [-0.39, 0.29) is 0 Å². The normalized spacial score (nSPS) is 10.9. The van der Waals surface area contributed by atoms with E-state index in [1.54, 1.807) is 6.07 Å². The van der Waals surface area contributed by atoms with Crippen LogP contribution in [-0.2, 0) is 13.6 Å². The Labute approximate surface area is 127 Å². The molecule has 1 N–H and O–H groups in total. The Kier molecular flexibility index (Phi) is 3.55. The summed E-state index contributed by atoms with van der Waals surface area (Å²) >= 11 is 12.0. The van der Waals surface area contributed by atoms with Crippen LogP contribution >= 0.6 is 23.2 Å². The molecule has 0 aliphatic rings. The van der Waals surface area contributed by atoms with E-state index in [0.717, 1.165) is 22.3 Å². The first-order valence-corrected chi connectivity index (χ1v) is 7.00. The fraction of sp³-hybridized carbons (Fsp3) is 0.133. The van der Waals surface area contributed by atoms with E-state index in [1.807, 2.05) is 36.0 Å². The number of aryl methyl sites for hydroxylation is 1. The smallest absolute Gasteiger partial charge is 0.0894 e. The molecule has 1 aromatic heterocycles. The van der Waals surface area contributed by atoms with E-state index in [1.165, 1.54) is 0 Å². The zero-order chi connectivity index (χ0) is 14.1. The lowest BCUT2D eigenvalue weighted by Crippen LogP contribution is -2.01. The quantitative estimate of drug-likeness (QED) is 0.772. The maximum absolute atomic E-state index is 6.15. The Balaban J connectivity index is 1.87. The second-order valence-electron chi connectivity index (χ2n) is 4.57. The number of rotatable bonds is 3. The van der Waals surface area contributed by atoms with Gasteiger partial charge in [-0.25, -0.2) is 0 Å². The Morgan fingerprint density at radius 2 is 1.95 bits per heavy atom. The third kappa shape index (κ3) is 2.47. The maximum Gasteiger partial charge on any atom is 0.0894 e. The lowest BCUT2D eigenvalue weighted by atomic mass is 10.2. The number of nitrogens with zero attached hydrogens (tertiary/aromatic N) is 2. The maximum atomic E-state index is 6.15. The first-order chi connectivity index (χ1) is 9.65. The fourth-order valence-electron chi connectivity index (χ4n) is 2.23. The number of anilines is 1. The summed E-state index contributed by atoms with van der Waals surface area (Å²) in [6.07, 6.45) is 0. The van der Waals surface area contributed by atoms with Gasteiger partial charge in [0.1, 0.15) is 0 Å². The molecule has 0 unspecified atom stereocenters. The number of aromatic nitrogens is 2. The highest BCUT2D eigenvalue weighted by molar-refractivity contribution is 6.36. The minimum atomic E-state index is 0.609. The van der Waals surface area contributed by atoms with Gasteiger partial charge in [0.2, 0.25) is 0 Å². The predicted octanol–water partition coefficient (Wildman–Crippen LogP) is 4.49. The summed E-state index contributed by atoms with van der Waals surface area (Å²) in [4.78, 5) is 0. The van der Waals surface area contributed by atoms with Gasteiger partial charge in [-0.3, -0.25) is 4.68 Å². The molecule has 0 spiro atoms. The van der Waals surface area contributed by atoms with Crippen molar-refractivity contribution in [2.24, 2.45) is 7.05 Å². The Hall–Kier alpha value is -1.71. The predicted molar refractivity (Wildman–Crippen MR) is 84.5 cm³/mol. The molecule has 20 heavy (non-hydrogen) atoms. The standard InChI is InChI=1S/C15H13Cl2N3/c1-20-15-5-3-2-4-11(15)14(19-20)9-18-13-7-6-10(16)8-12(13)17/h2-8,18H,9H2,1H3. The van der Waals surface area contributed by atoms with Crippen LogP contribution in [0.15, 0.2) is 42.5 Å². The van der Waals surface area contributed by atoms with Gasteiger partial charge in [0.05, 0.1) is 28.5 Å². The number of fused-ring (bicyclic) bond motifs is 1. The van der Waals surface area contributed by atoms with Gasteiger partial charge in [-0.05, 0) is 24.3 Å². The van der Waals surface area contributed by atoms with Crippen molar-refractivity contribution in [1.82, 2.24) is 9.78 Å². The van der Waals surface area contributed by atoms with Crippen molar-refractivity contribution in [1.29, 1.82) is 0 Å². The molecule has 0 fully saturated rings. The van der Waals surface area contributed by atoms with Crippen molar-refractivity contribution < 1.29 is 0 Å². The van der Waals surface area contributed by atoms with Crippen LogP contribution in [0.3, 0.4) is 0 Å². The Bertz CT molecular complexity index is 765. The van der Waals surface area contributed by atoms with Crippen molar-refractivity contribution >= 4 is 39.8 Å². The number of benzene rings is 2. The lowest BCUT2D eigenvalue weighted by molar-refractivity contribution is 0.771. The second kappa shape index (κ2) is 5.35. The molecule has 0 atom stereocenters. The van der Waals surface area contributed by atoms with Gasteiger partial charge < -0.3 is 5.32 Å². The van der Waals surface area contributed by atoms with Gasteiger partial charge in [0.25, 0.3) is 0 Å². The van der Waals surface area contributed by atoms with Crippen LogP contribution in [0.25, 0.3) is 10.9 Å². The van der Waals surface area contributed by atoms with Gasteiger partial charge >= 0.3 is 0 Å². The number of nitrogens with one attached hydrogen (secondary N) is 1. The van der Waals surface area contributed by atoms with Crippen LogP contribution in [0, 0.1) is 0 Å². The van der Waals surface area contributed by atoms with Crippen LogP contribution in [0.1, 0.15) is 5.69 Å². The molecule has 3 nitrogen and oxygen atoms in total. The van der Waals surface area contributed by atoms with Crippen LogP contribution in [0.2, 0.25) is 10.0 Å². The lowest BCUT2D eigenvalue weighted by Gasteiger charge is -2.07. The van der Waals surface area contributed by atoms with Crippen molar-refractivity contribution in [3.63, 3.8) is 0 Å². The van der Waals surface area contributed by atoms with Crippen LogP contribution < -0.4 is 5.32 Å². The summed E-state index contributed by atoms with van der Waals surface area (Å²) < 4.78 is 1.88. The molecular weight excluding hydrogens is 293 g/mol. The molecule has 1 heterocycles. The molecular formula is C15H13Cl2N3. The highest BCUT2D eigenvalue weighted by Crippen LogP contribution is 2.26. The molecule has 0 bridgehead atoms. The minimum absolute atomic E-state index is 0.609. The topological polar surface area (TPSA) is 29.9 Å². The molecule has 3 aromatic rings. The summed E-state index contributed by atoms with van der Waals surface area (Å²) in [5, 5.41) is 10.2. The molecule has 0 saturated carbocycles. The average Bonchev–Trinajstić information content (AvgIpc) is 2.75. The third-order valence-electron chi connectivity index (χ3n) is 3.21. The van der Waals surface area contributed by atoms with E-state index in [0.29, 0.717) is 16.6 Å². The Morgan fingerprint density at radius 3 is 2.75 bits per heavy atom. The minimum Gasteiger partial charge on any atom is -0.378 e. The van der Waals surface area contributed by atoms with Gasteiger partial charge in [0.15, 0.2) is 0 Å². The van der Waals surface area contributed by atoms with Crippen molar-refractivity contribution in [2.75, 3.05) is 5.32 Å². The molecule has 0 aliphatic heterocycles. The monoisotopic (exact) mass is 305 g/mol. The largest absolute Gasteiger partial charge is 0.378 e. The summed E-state index contributed by atoms with van der Waals surface area (Å²) in [6, 6.07) is 13.6. The van der Waals surface area contributed by atoms with Gasteiger partial charge in [0, 0.05) is 17.5 Å². The van der Waals surface area contributed by atoms with E-state index in [2.05, 4.69) is 22.5 Å². The summed E-state index contributed by atoms with van der Waals surface area (Å²) in [7, 11) is 1.95. The number of hydrogen-bond donors (Lipinski definition) is 1. The van der Waals surface area contributed by atoms with E-state index in [9.17, 15) is 0 Å². The highest BCUT2D eigenvalue weighted by Gasteiger charge is 2.08. The van der Waals surface area contributed by atoms with E-state index < -0.39 is 0 Å². The average molecular weight is 306 g/mol. The first-order valence-electron chi connectivity index (χ1n) is 6.24. The van der Waals surface area contributed by atoms with Gasteiger partial charge in [-0.15, -0.1) is 0 Å².